The Morgan fingerprint density at radius 2 is 2.05 bits per heavy atom. The summed E-state index contributed by atoms with van der Waals surface area (Å²) in [5, 5.41) is 12.9. The topological polar surface area (TPSA) is 35.5 Å². The summed E-state index contributed by atoms with van der Waals surface area (Å²) >= 11 is 0. The fraction of sp³-hybridized carbons (Fsp3) is 1.00. The van der Waals surface area contributed by atoms with Gasteiger partial charge in [0.05, 0.1) is 6.61 Å². The first-order chi connectivity index (χ1) is 9.24. The third-order valence-electron chi connectivity index (χ3n) is 5.74. The maximum absolute atomic E-state index is 9.58. The maximum Gasteiger partial charge on any atom is 0.0613 e. The molecule has 1 aliphatic carbocycles. The highest BCUT2D eigenvalue weighted by Crippen LogP contribution is 2.36. The van der Waals surface area contributed by atoms with Crippen LogP contribution in [-0.2, 0) is 0 Å². The van der Waals surface area contributed by atoms with Crippen molar-refractivity contribution in [3.63, 3.8) is 0 Å². The maximum atomic E-state index is 9.58. The molecule has 0 aromatic rings. The quantitative estimate of drug-likeness (QED) is 0.744. The summed E-state index contributed by atoms with van der Waals surface area (Å²) in [4.78, 5) is 2.73. The minimum Gasteiger partial charge on any atom is -0.394 e. The van der Waals surface area contributed by atoms with Gasteiger partial charge in [-0.15, -0.1) is 0 Å². The molecule has 0 bridgehead atoms. The van der Waals surface area contributed by atoms with Crippen LogP contribution in [0.1, 0.15) is 58.3 Å². The summed E-state index contributed by atoms with van der Waals surface area (Å²) < 4.78 is 0. The summed E-state index contributed by atoms with van der Waals surface area (Å²) in [5.74, 6) is 0.992. The average molecular weight is 268 g/mol. The second kappa shape index (κ2) is 7.05. The molecular weight excluding hydrogens is 236 g/mol. The lowest BCUT2D eigenvalue weighted by Gasteiger charge is -2.34. The van der Waals surface area contributed by atoms with E-state index in [1.165, 1.54) is 51.6 Å². The molecule has 2 N–H and O–H groups in total. The molecule has 2 aliphatic rings. The molecule has 112 valence electrons. The van der Waals surface area contributed by atoms with Crippen molar-refractivity contribution >= 4 is 0 Å². The number of aliphatic hydroxyl groups is 1. The molecule has 1 saturated heterocycles. The first-order valence-corrected chi connectivity index (χ1v) is 8.28. The number of rotatable bonds is 7. The summed E-state index contributed by atoms with van der Waals surface area (Å²) in [6.07, 6.45) is 10.5. The number of fused-ring (bicyclic) bond motifs is 1. The first kappa shape index (κ1) is 15.3. The Bertz CT molecular complexity index is 257. The normalized spacial score (nSPS) is 31.1. The predicted molar refractivity (Wildman–Crippen MR) is 80.3 cm³/mol. The molecule has 1 aliphatic heterocycles. The second-order valence-corrected chi connectivity index (χ2v) is 6.58. The van der Waals surface area contributed by atoms with Gasteiger partial charge in [0.2, 0.25) is 0 Å². The zero-order valence-electron chi connectivity index (χ0n) is 12.8. The smallest absolute Gasteiger partial charge is 0.0613 e. The zero-order chi connectivity index (χ0) is 13.7. The van der Waals surface area contributed by atoms with Crippen LogP contribution >= 0.6 is 0 Å². The van der Waals surface area contributed by atoms with Crippen molar-refractivity contribution in [2.24, 2.45) is 5.92 Å². The van der Waals surface area contributed by atoms with Crippen LogP contribution in [0, 0.1) is 5.92 Å². The highest BCUT2D eigenvalue weighted by atomic mass is 16.3. The lowest BCUT2D eigenvalue weighted by atomic mass is 9.85. The lowest BCUT2D eigenvalue weighted by Crippen LogP contribution is -2.46. The van der Waals surface area contributed by atoms with E-state index in [4.69, 9.17) is 0 Å². The van der Waals surface area contributed by atoms with Crippen LogP contribution in [0.5, 0.6) is 0 Å². The van der Waals surface area contributed by atoms with Gasteiger partial charge in [-0.25, -0.2) is 0 Å². The Hall–Kier alpha value is -0.120. The van der Waals surface area contributed by atoms with E-state index in [0.29, 0.717) is 0 Å². The van der Waals surface area contributed by atoms with E-state index in [2.05, 4.69) is 17.1 Å². The van der Waals surface area contributed by atoms with Crippen molar-refractivity contribution in [3.8, 4) is 0 Å². The van der Waals surface area contributed by atoms with Crippen molar-refractivity contribution < 1.29 is 5.11 Å². The van der Waals surface area contributed by atoms with E-state index in [-0.39, 0.29) is 12.1 Å². The molecular formula is C16H32N2O. The van der Waals surface area contributed by atoms with E-state index in [9.17, 15) is 5.11 Å². The summed E-state index contributed by atoms with van der Waals surface area (Å²) in [6.45, 7) is 4.96. The number of nitrogens with one attached hydrogen (secondary N) is 1. The van der Waals surface area contributed by atoms with Crippen molar-refractivity contribution in [2.45, 2.75) is 69.9 Å². The molecule has 1 saturated carbocycles. The van der Waals surface area contributed by atoms with Crippen LogP contribution < -0.4 is 5.32 Å². The number of likely N-dealkylation sites (N-methyl/N-ethyl adjacent to an activating group) is 1. The molecule has 3 nitrogen and oxygen atoms in total. The minimum absolute atomic E-state index is 0.0499. The molecule has 3 unspecified atom stereocenters. The minimum atomic E-state index is -0.0499. The average Bonchev–Trinajstić information content (AvgIpc) is 2.88. The highest BCUT2D eigenvalue weighted by molar-refractivity contribution is 4.91. The van der Waals surface area contributed by atoms with E-state index < -0.39 is 0 Å². The zero-order valence-corrected chi connectivity index (χ0v) is 12.8. The Morgan fingerprint density at radius 3 is 2.74 bits per heavy atom. The lowest BCUT2D eigenvalue weighted by molar-refractivity contribution is 0.137. The monoisotopic (exact) mass is 268 g/mol. The van der Waals surface area contributed by atoms with Gasteiger partial charge in [-0.3, -0.25) is 0 Å². The fourth-order valence-electron chi connectivity index (χ4n) is 4.15. The Labute approximate surface area is 118 Å². The van der Waals surface area contributed by atoms with Crippen LogP contribution in [0.4, 0.5) is 0 Å². The van der Waals surface area contributed by atoms with Gasteiger partial charge < -0.3 is 15.3 Å². The van der Waals surface area contributed by atoms with E-state index in [1.807, 2.05) is 7.05 Å². The van der Waals surface area contributed by atoms with Crippen LogP contribution in [0.15, 0.2) is 0 Å². The Morgan fingerprint density at radius 1 is 1.26 bits per heavy atom. The summed E-state index contributed by atoms with van der Waals surface area (Å²) in [6, 6.07) is 0.883. The molecule has 19 heavy (non-hydrogen) atoms. The van der Waals surface area contributed by atoms with E-state index >= 15 is 0 Å². The number of hydrogen-bond donors (Lipinski definition) is 2. The molecule has 2 rings (SSSR count). The molecule has 0 aromatic heterocycles. The molecule has 3 atom stereocenters. The number of aliphatic hydroxyl groups excluding tert-OH is 1. The molecule has 2 fully saturated rings. The van der Waals surface area contributed by atoms with Gasteiger partial charge >= 0.3 is 0 Å². The van der Waals surface area contributed by atoms with Crippen LogP contribution in [0.2, 0.25) is 0 Å². The van der Waals surface area contributed by atoms with Crippen LogP contribution in [0.25, 0.3) is 0 Å². The third-order valence-corrected chi connectivity index (χ3v) is 5.74. The van der Waals surface area contributed by atoms with Crippen molar-refractivity contribution in [2.75, 3.05) is 26.7 Å². The SMILES string of the molecule is CCC(CO)(CCCN1CCC2CCCCC21)NC. The highest BCUT2D eigenvalue weighted by Gasteiger charge is 2.35. The van der Waals surface area contributed by atoms with Gasteiger partial charge in [0.15, 0.2) is 0 Å². The first-order valence-electron chi connectivity index (χ1n) is 8.28. The molecule has 1 heterocycles. The predicted octanol–water partition coefficient (Wildman–Crippen LogP) is 2.39. The Kier molecular flexibility index (Phi) is 5.67. The van der Waals surface area contributed by atoms with Crippen molar-refractivity contribution in [3.05, 3.63) is 0 Å². The molecule has 0 aromatic carbocycles. The fourth-order valence-corrected chi connectivity index (χ4v) is 4.15. The molecule has 0 spiro atoms. The Balaban J connectivity index is 1.76. The summed E-state index contributed by atoms with van der Waals surface area (Å²) in [5.41, 5.74) is -0.0499. The van der Waals surface area contributed by atoms with Gasteiger partial charge in [0.25, 0.3) is 0 Å². The van der Waals surface area contributed by atoms with Crippen LogP contribution in [-0.4, -0.2) is 48.3 Å². The van der Waals surface area contributed by atoms with Gasteiger partial charge in [-0.2, -0.15) is 0 Å². The van der Waals surface area contributed by atoms with E-state index in [1.54, 1.807) is 0 Å². The number of likely N-dealkylation sites (tertiary alicyclic amines) is 1. The molecule has 0 radical (unpaired) electrons. The summed E-state index contributed by atoms with van der Waals surface area (Å²) in [7, 11) is 1.98. The van der Waals surface area contributed by atoms with Crippen molar-refractivity contribution in [1.29, 1.82) is 0 Å². The van der Waals surface area contributed by atoms with Crippen LogP contribution in [0.3, 0.4) is 0 Å². The van der Waals surface area contributed by atoms with Crippen molar-refractivity contribution in [1.82, 2.24) is 10.2 Å². The number of nitrogens with zero attached hydrogens (tertiary/aromatic N) is 1. The molecule has 0 amide bonds. The standard InChI is InChI=1S/C16H32N2O/c1-3-16(13-19,17-2)10-6-11-18-12-9-14-7-4-5-8-15(14)18/h14-15,17,19H,3-13H2,1-2H3. The van der Waals surface area contributed by atoms with Gasteiger partial charge in [0.1, 0.15) is 0 Å². The third kappa shape index (κ3) is 3.50. The van der Waals surface area contributed by atoms with Gasteiger partial charge in [-0.05, 0) is 64.6 Å². The second-order valence-electron chi connectivity index (χ2n) is 6.58. The number of hydrogen-bond acceptors (Lipinski definition) is 3. The van der Waals surface area contributed by atoms with E-state index in [0.717, 1.165) is 24.8 Å². The van der Waals surface area contributed by atoms with Gasteiger partial charge in [-0.1, -0.05) is 19.8 Å². The van der Waals surface area contributed by atoms with Gasteiger partial charge in [0, 0.05) is 11.6 Å². The largest absolute Gasteiger partial charge is 0.394 e. The molecule has 3 heteroatoms.